The zero-order chi connectivity index (χ0) is 19.4. The Hall–Kier alpha value is -2.45. The van der Waals surface area contributed by atoms with Crippen LogP contribution in [0, 0.1) is 0 Å². The fourth-order valence-corrected chi connectivity index (χ4v) is 3.15. The van der Waals surface area contributed by atoms with Crippen LogP contribution in [0.1, 0.15) is 50.6 Å². The maximum Gasteiger partial charge on any atom is 0.407 e. The van der Waals surface area contributed by atoms with Gasteiger partial charge in [-0.3, -0.25) is 0 Å². The topological polar surface area (TPSA) is 101 Å². The largest absolute Gasteiger partial charge is 0.444 e. The molecule has 0 spiro atoms. The van der Waals surface area contributed by atoms with Crippen LogP contribution in [0.5, 0.6) is 0 Å². The highest BCUT2D eigenvalue weighted by molar-refractivity contribution is 5.68. The molecule has 27 heavy (non-hydrogen) atoms. The Balaban J connectivity index is 1.72. The lowest BCUT2D eigenvalue weighted by atomic mass is 10.0. The number of aliphatic hydroxyl groups excluding tert-OH is 1. The van der Waals surface area contributed by atoms with E-state index in [1.54, 1.807) is 10.9 Å². The molecule has 1 saturated heterocycles. The minimum absolute atomic E-state index is 0.0667. The van der Waals surface area contributed by atoms with E-state index >= 15 is 0 Å². The van der Waals surface area contributed by atoms with Gasteiger partial charge in [0.05, 0.1) is 18.3 Å². The molecule has 0 radical (unpaired) electrons. The lowest BCUT2D eigenvalue weighted by Gasteiger charge is -2.33. The molecule has 3 atom stereocenters. The highest BCUT2D eigenvalue weighted by Gasteiger charge is 2.31. The van der Waals surface area contributed by atoms with Gasteiger partial charge in [0.1, 0.15) is 17.4 Å². The molecule has 1 fully saturated rings. The predicted octanol–water partition coefficient (Wildman–Crippen LogP) is 1.79. The van der Waals surface area contributed by atoms with Crippen molar-refractivity contribution < 1.29 is 14.6 Å². The maximum absolute atomic E-state index is 12.2. The van der Waals surface area contributed by atoms with Crippen LogP contribution in [0.15, 0.2) is 36.5 Å². The summed E-state index contributed by atoms with van der Waals surface area (Å²) >= 11 is 0. The molecule has 1 aliphatic rings. The number of nitrogens with one attached hydrogen (secondary N) is 2. The number of amides is 1. The molecule has 146 valence electrons. The zero-order valence-electron chi connectivity index (χ0n) is 15.9. The number of benzene rings is 1. The Kier molecular flexibility index (Phi) is 5.76. The second-order valence-electron chi connectivity index (χ2n) is 7.75. The number of aliphatic hydroxyl groups is 1. The molecule has 3 rings (SSSR count). The Morgan fingerprint density at radius 3 is 2.81 bits per heavy atom. The average Bonchev–Trinajstić information content (AvgIpc) is 3.10. The molecule has 0 aliphatic carbocycles. The lowest BCUT2D eigenvalue weighted by Crippen LogP contribution is -2.52. The van der Waals surface area contributed by atoms with E-state index in [1.807, 2.05) is 51.1 Å². The summed E-state index contributed by atoms with van der Waals surface area (Å²) < 4.78 is 7.09. The molecule has 0 bridgehead atoms. The summed E-state index contributed by atoms with van der Waals surface area (Å²) in [6.07, 6.45) is 1.24. The van der Waals surface area contributed by atoms with Gasteiger partial charge in [0.2, 0.25) is 0 Å². The van der Waals surface area contributed by atoms with Gasteiger partial charge in [-0.1, -0.05) is 35.5 Å². The molecule has 1 aliphatic heterocycles. The Bertz CT molecular complexity index is 756. The average molecular weight is 373 g/mol. The van der Waals surface area contributed by atoms with Gasteiger partial charge in [0.15, 0.2) is 0 Å². The van der Waals surface area contributed by atoms with Crippen LogP contribution in [0.3, 0.4) is 0 Å². The number of carbonyl (C=O) groups is 1. The fraction of sp³-hybridized carbons (Fsp3) is 0.526. The molecular weight excluding hydrogens is 346 g/mol. The zero-order valence-corrected chi connectivity index (χ0v) is 15.9. The minimum Gasteiger partial charge on any atom is -0.444 e. The first-order chi connectivity index (χ1) is 12.8. The normalized spacial score (nSPS) is 21.5. The number of hydrogen-bond acceptors (Lipinski definition) is 6. The number of hydrogen-bond donors (Lipinski definition) is 3. The number of ether oxygens (including phenoxy) is 1. The van der Waals surface area contributed by atoms with Gasteiger partial charge in [0.25, 0.3) is 0 Å². The molecular formula is C19H27N5O3. The summed E-state index contributed by atoms with van der Waals surface area (Å²) in [4.78, 5) is 12.2. The van der Waals surface area contributed by atoms with Crippen molar-refractivity contribution in [3.05, 3.63) is 47.8 Å². The Labute approximate surface area is 158 Å². The maximum atomic E-state index is 12.2. The molecule has 1 aromatic heterocycles. The van der Waals surface area contributed by atoms with Crippen LogP contribution in [-0.4, -0.2) is 50.9 Å². The van der Waals surface area contributed by atoms with Gasteiger partial charge in [-0.2, -0.15) is 0 Å². The third-order valence-corrected chi connectivity index (χ3v) is 4.41. The monoisotopic (exact) mass is 373 g/mol. The molecule has 2 aromatic rings. The van der Waals surface area contributed by atoms with Crippen molar-refractivity contribution in [3.8, 4) is 0 Å². The molecule has 0 saturated carbocycles. The molecule has 1 aromatic carbocycles. The van der Waals surface area contributed by atoms with E-state index in [4.69, 9.17) is 4.74 Å². The van der Waals surface area contributed by atoms with E-state index < -0.39 is 17.8 Å². The quantitative estimate of drug-likeness (QED) is 0.755. The van der Waals surface area contributed by atoms with Gasteiger partial charge in [-0.05, 0) is 39.3 Å². The van der Waals surface area contributed by atoms with Crippen LogP contribution in [0.2, 0.25) is 0 Å². The number of carbonyl (C=O) groups excluding carboxylic acids is 1. The van der Waals surface area contributed by atoms with Crippen molar-refractivity contribution in [1.29, 1.82) is 0 Å². The number of piperidine rings is 1. The number of alkyl carbamates (subject to hydrolysis) is 1. The van der Waals surface area contributed by atoms with E-state index in [0.29, 0.717) is 12.2 Å². The number of rotatable bonds is 4. The lowest BCUT2D eigenvalue weighted by molar-refractivity contribution is 0.0474. The molecule has 3 N–H and O–H groups in total. The predicted molar refractivity (Wildman–Crippen MR) is 100 cm³/mol. The fourth-order valence-electron chi connectivity index (χ4n) is 3.15. The van der Waals surface area contributed by atoms with Crippen LogP contribution in [0.25, 0.3) is 0 Å². The summed E-state index contributed by atoms with van der Waals surface area (Å²) in [7, 11) is 0. The number of aromatic nitrogens is 3. The van der Waals surface area contributed by atoms with Gasteiger partial charge in [-0.25, -0.2) is 9.48 Å². The third-order valence-electron chi connectivity index (χ3n) is 4.41. The van der Waals surface area contributed by atoms with E-state index in [-0.39, 0.29) is 12.1 Å². The summed E-state index contributed by atoms with van der Waals surface area (Å²) in [5.41, 5.74) is 0.691. The van der Waals surface area contributed by atoms with Gasteiger partial charge in [0, 0.05) is 6.54 Å². The smallest absolute Gasteiger partial charge is 0.407 e. The minimum atomic E-state index is -0.834. The first kappa shape index (κ1) is 19.3. The first-order valence-electron chi connectivity index (χ1n) is 9.18. The van der Waals surface area contributed by atoms with Gasteiger partial charge < -0.3 is 20.5 Å². The first-order valence-corrected chi connectivity index (χ1v) is 9.18. The SMILES string of the molecule is CC(C)(C)OC(=O)N[C@H]1CNCC[C@@H]1n1cc(C(O)c2ccccc2)nn1. The summed E-state index contributed by atoms with van der Waals surface area (Å²) in [6, 6.07) is 9.09. The summed E-state index contributed by atoms with van der Waals surface area (Å²) in [5.74, 6) is 0. The second kappa shape index (κ2) is 8.06. The molecule has 8 nitrogen and oxygen atoms in total. The summed E-state index contributed by atoms with van der Waals surface area (Å²) in [6.45, 7) is 6.92. The Morgan fingerprint density at radius 1 is 1.37 bits per heavy atom. The summed E-state index contributed by atoms with van der Waals surface area (Å²) in [5, 5.41) is 25.1. The van der Waals surface area contributed by atoms with Crippen molar-refractivity contribution in [3.63, 3.8) is 0 Å². The molecule has 8 heteroatoms. The van der Waals surface area contributed by atoms with Crippen molar-refractivity contribution in [2.24, 2.45) is 0 Å². The van der Waals surface area contributed by atoms with E-state index in [0.717, 1.165) is 18.5 Å². The van der Waals surface area contributed by atoms with Crippen LogP contribution < -0.4 is 10.6 Å². The molecule has 2 heterocycles. The van der Waals surface area contributed by atoms with Crippen molar-refractivity contribution in [2.45, 2.75) is 51.0 Å². The van der Waals surface area contributed by atoms with E-state index in [2.05, 4.69) is 20.9 Å². The standard InChI is InChI=1S/C19H27N5O3/c1-19(2,3)27-18(26)21-14-11-20-10-9-16(14)24-12-15(22-23-24)17(25)13-7-5-4-6-8-13/h4-8,12,14,16-17,20,25H,9-11H2,1-3H3,(H,21,26)/t14-,16-,17?/m0/s1. The van der Waals surface area contributed by atoms with Gasteiger partial charge in [-0.15, -0.1) is 5.10 Å². The number of nitrogens with zero attached hydrogens (tertiary/aromatic N) is 3. The third kappa shape index (κ3) is 5.05. The second-order valence-corrected chi connectivity index (χ2v) is 7.75. The highest BCUT2D eigenvalue weighted by Crippen LogP contribution is 2.23. The van der Waals surface area contributed by atoms with Crippen molar-refractivity contribution in [1.82, 2.24) is 25.6 Å². The molecule has 1 unspecified atom stereocenters. The van der Waals surface area contributed by atoms with E-state index in [9.17, 15) is 9.90 Å². The molecule has 1 amide bonds. The van der Waals surface area contributed by atoms with E-state index in [1.165, 1.54) is 0 Å². The van der Waals surface area contributed by atoms with Crippen LogP contribution in [0.4, 0.5) is 4.79 Å². The van der Waals surface area contributed by atoms with Gasteiger partial charge >= 0.3 is 6.09 Å². The van der Waals surface area contributed by atoms with Crippen LogP contribution in [-0.2, 0) is 4.74 Å². The van der Waals surface area contributed by atoms with Crippen LogP contribution >= 0.6 is 0 Å². The highest BCUT2D eigenvalue weighted by atomic mass is 16.6. The van der Waals surface area contributed by atoms with Crippen molar-refractivity contribution in [2.75, 3.05) is 13.1 Å². The Morgan fingerprint density at radius 2 is 2.11 bits per heavy atom. The van der Waals surface area contributed by atoms with Crippen molar-refractivity contribution >= 4 is 6.09 Å².